The van der Waals surface area contributed by atoms with E-state index in [1.165, 1.54) is 6.07 Å². The Bertz CT molecular complexity index is 591. The summed E-state index contributed by atoms with van der Waals surface area (Å²) >= 11 is 0. The van der Waals surface area contributed by atoms with E-state index in [1.54, 1.807) is 17.9 Å². The molecule has 2 N–H and O–H groups in total. The number of rotatable bonds is 7. The maximum absolute atomic E-state index is 12.8. The van der Waals surface area contributed by atoms with Crippen molar-refractivity contribution >= 4 is 18.3 Å². The standard InChI is InChI=1S/C19H27F3N2O2.ClH/c1-14(15-4-2-5-16(13-15)19(20,21)22)12-18(25)24-9-6-17(7-10-24)26-11-3-8-23;/h2,4-5,13-14,17H,3,6-12,23H2,1H3;1H. The van der Waals surface area contributed by atoms with Gasteiger partial charge >= 0.3 is 6.18 Å². The Kier molecular flexibility index (Phi) is 9.56. The third-order valence-corrected chi connectivity index (χ3v) is 4.76. The van der Waals surface area contributed by atoms with Crippen molar-refractivity contribution in [2.75, 3.05) is 26.2 Å². The highest BCUT2D eigenvalue weighted by Crippen LogP contribution is 2.32. The van der Waals surface area contributed by atoms with Crippen LogP contribution in [0.15, 0.2) is 24.3 Å². The largest absolute Gasteiger partial charge is 0.416 e. The van der Waals surface area contributed by atoms with E-state index in [9.17, 15) is 18.0 Å². The number of nitrogens with zero attached hydrogens (tertiary/aromatic N) is 1. The number of alkyl halides is 3. The fourth-order valence-corrected chi connectivity index (χ4v) is 3.14. The number of halogens is 4. The predicted molar refractivity (Wildman–Crippen MR) is 101 cm³/mol. The predicted octanol–water partition coefficient (Wildman–Crippen LogP) is 3.98. The number of hydrogen-bond acceptors (Lipinski definition) is 3. The second-order valence-corrected chi connectivity index (χ2v) is 6.82. The molecule has 0 aliphatic carbocycles. The number of likely N-dealkylation sites (tertiary alicyclic amines) is 1. The lowest BCUT2D eigenvalue weighted by atomic mass is 9.95. The summed E-state index contributed by atoms with van der Waals surface area (Å²) in [5, 5.41) is 0. The van der Waals surface area contributed by atoms with Crippen molar-refractivity contribution in [2.45, 2.75) is 50.8 Å². The van der Waals surface area contributed by atoms with Crippen LogP contribution in [0.3, 0.4) is 0 Å². The Morgan fingerprint density at radius 2 is 2.00 bits per heavy atom. The van der Waals surface area contributed by atoms with Crippen molar-refractivity contribution in [3.63, 3.8) is 0 Å². The summed E-state index contributed by atoms with van der Waals surface area (Å²) in [6.07, 6.45) is -1.60. The van der Waals surface area contributed by atoms with E-state index >= 15 is 0 Å². The van der Waals surface area contributed by atoms with Crippen molar-refractivity contribution in [1.29, 1.82) is 0 Å². The lowest BCUT2D eigenvalue weighted by Crippen LogP contribution is -2.41. The minimum Gasteiger partial charge on any atom is -0.378 e. The van der Waals surface area contributed by atoms with E-state index in [4.69, 9.17) is 10.5 Å². The molecule has 1 saturated heterocycles. The quantitative estimate of drug-likeness (QED) is 0.694. The van der Waals surface area contributed by atoms with Gasteiger partial charge < -0.3 is 15.4 Å². The van der Waals surface area contributed by atoms with Gasteiger partial charge in [0.2, 0.25) is 5.91 Å². The van der Waals surface area contributed by atoms with Gasteiger partial charge in [0.15, 0.2) is 0 Å². The summed E-state index contributed by atoms with van der Waals surface area (Å²) in [6.45, 7) is 4.28. The molecule has 1 aliphatic heterocycles. The van der Waals surface area contributed by atoms with Crippen LogP contribution < -0.4 is 5.73 Å². The summed E-state index contributed by atoms with van der Waals surface area (Å²) in [5.74, 6) is -0.279. The number of carbonyl (C=O) groups is 1. The summed E-state index contributed by atoms with van der Waals surface area (Å²) < 4.78 is 44.2. The van der Waals surface area contributed by atoms with Gasteiger partial charge in [-0.15, -0.1) is 12.4 Å². The summed E-state index contributed by atoms with van der Waals surface area (Å²) in [4.78, 5) is 14.3. The average molecular weight is 409 g/mol. The number of hydrogen-bond donors (Lipinski definition) is 1. The highest BCUT2D eigenvalue weighted by atomic mass is 35.5. The lowest BCUT2D eigenvalue weighted by Gasteiger charge is -2.32. The van der Waals surface area contributed by atoms with Gasteiger partial charge in [0.1, 0.15) is 0 Å². The van der Waals surface area contributed by atoms with E-state index in [0.29, 0.717) is 31.8 Å². The Morgan fingerprint density at radius 3 is 2.59 bits per heavy atom. The van der Waals surface area contributed by atoms with Crippen LogP contribution in [0.1, 0.15) is 49.7 Å². The van der Waals surface area contributed by atoms with Crippen molar-refractivity contribution < 1.29 is 22.7 Å². The molecule has 1 amide bonds. The van der Waals surface area contributed by atoms with Crippen LogP contribution in [0.4, 0.5) is 13.2 Å². The molecule has 1 heterocycles. The first-order valence-electron chi connectivity index (χ1n) is 9.08. The number of benzene rings is 1. The van der Waals surface area contributed by atoms with Crippen molar-refractivity contribution in [3.05, 3.63) is 35.4 Å². The number of amides is 1. The van der Waals surface area contributed by atoms with Gasteiger partial charge in [-0.3, -0.25) is 4.79 Å². The molecule has 0 spiro atoms. The second kappa shape index (κ2) is 10.9. The molecule has 8 heteroatoms. The van der Waals surface area contributed by atoms with Crippen molar-refractivity contribution in [3.8, 4) is 0 Å². The summed E-state index contributed by atoms with van der Waals surface area (Å²) in [5.41, 5.74) is 5.30. The number of ether oxygens (including phenoxy) is 1. The molecule has 1 atom stereocenters. The molecule has 154 valence electrons. The normalized spacial score (nSPS) is 16.7. The van der Waals surface area contributed by atoms with Crippen molar-refractivity contribution in [1.82, 2.24) is 4.90 Å². The highest BCUT2D eigenvalue weighted by molar-refractivity contribution is 5.85. The minimum atomic E-state index is -4.37. The fraction of sp³-hybridized carbons (Fsp3) is 0.632. The van der Waals surface area contributed by atoms with Crippen LogP contribution in [-0.4, -0.2) is 43.2 Å². The average Bonchev–Trinajstić information content (AvgIpc) is 2.62. The third kappa shape index (κ3) is 7.31. The Morgan fingerprint density at radius 1 is 1.33 bits per heavy atom. The van der Waals surface area contributed by atoms with Gasteiger partial charge in [-0.25, -0.2) is 0 Å². The van der Waals surface area contributed by atoms with Gasteiger partial charge in [-0.2, -0.15) is 13.2 Å². The molecule has 1 aliphatic rings. The Balaban J connectivity index is 0.00000364. The molecule has 1 fully saturated rings. The molecule has 2 rings (SSSR count). The lowest BCUT2D eigenvalue weighted by molar-refractivity contribution is -0.137. The van der Waals surface area contributed by atoms with E-state index < -0.39 is 11.7 Å². The zero-order valence-corrected chi connectivity index (χ0v) is 16.3. The van der Waals surface area contributed by atoms with Crippen LogP contribution in [-0.2, 0) is 15.7 Å². The topological polar surface area (TPSA) is 55.6 Å². The van der Waals surface area contributed by atoms with Crippen LogP contribution in [0, 0.1) is 0 Å². The molecule has 0 saturated carbocycles. The molecule has 4 nitrogen and oxygen atoms in total. The minimum absolute atomic E-state index is 0. The van der Waals surface area contributed by atoms with Crippen LogP contribution in [0.5, 0.6) is 0 Å². The van der Waals surface area contributed by atoms with Crippen molar-refractivity contribution in [2.24, 2.45) is 5.73 Å². The van der Waals surface area contributed by atoms with Crippen LogP contribution in [0.25, 0.3) is 0 Å². The SMILES string of the molecule is CC(CC(=O)N1CCC(OCCCN)CC1)c1cccc(C(F)(F)F)c1.Cl. The van der Waals surface area contributed by atoms with Gasteiger partial charge in [0, 0.05) is 26.1 Å². The van der Waals surface area contributed by atoms with E-state index in [2.05, 4.69) is 0 Å². The molecular weight excluding hydrogens is 381 g/mol. The number of nitrogens with two attached hydrogens (primary N) is 1. The Hall–Kier alpha value is -1.31. The molecule has 0 bridgehead atoms. The van der Waals surface area contributed by atoms with Gasteiger partial charge in [0.05, 0.1) is 11.7 Å². The molecular formula is C19H28ClF3N2O2. The molecule has 1 aromatic carbocycles. The van der Waals surface area contributed by atoms with Gasteiger partial charge in [0.25, 0.3) is 0 Å². The zero-order valence-electron chi connectivity index (χ0n) is 15.5. The molecule has 1 unspecified atom stereocenters. The molecule has 27 heavy (non-hydrogen) atoms. The molecule has 1 aromatic rings. The third-order valence-electron chi connectivity index (χ3n) is 4.76. The first kappa shape index (κ1) is 23.7. The maximum atomic E-state index is 12.8. The molecule has 0 radical (unpaired) electrons. The first-order valence-corrected chi connectivity index (χ1v) is 9.08. The summed E-state index contributed by atoms with van der Waals surface area (Å²) in [7, 11) is 0. The smallest absolute Gasteiger partial charge is 0.378 e. The Labute approximate surface area is 164 Å². The zero-order chi connectivity index (χ0) is 19.2. The number of carbonyl (C=O) groups excluding carboxylic acids is 1. The van der Waals surface area contributed by atoms with Crippen LogP contribution >= 0.6 is 12.4 Å². The first-order chi connectivity index (χ1) is 12.3. The van der Waals surface area contributed by atoms with E-state index in [1.807, 2.05) is 0 Å². The van der Waals surface area contributed by atoms with Crippen LogP contribution in [0.2, 0.25) is 0 Å². The van der Waals surface area contributed by atoms with E-state index in [0.717, 1.165) is 31.4 Å². The maximum Gasteiger partial charge on any atom is 0.416 e. The molecule has 0 aromatic heterocycles. The monoisotopic (exact) mass is 408 g/mol. The number of piperidine rings is 1. The van der Waals surface area contributed by atoms with Gasteiger partial charge in [-0.1, -0.05) is 25.1 Å². The van der Waals surface area contributed by atoms with Gasteiger partial charge in [-0.05, 0) is 43.4 Å². The fourth-order valence-electron chi connectivity index (χ4n) is 3.14. The van der Waals surface area contributed by atoms with E-state index in [-0.39, 0.29) is 36.8 Å². The summed E-state index contributed by atoms with van der Waals surface area (Å²) in [6, 6.07) is 5.22. The highest BCUT2D eigenvalue weighted by Gasteiger charge is 2.31. The second-order valence-electron chi connectivity index (χ2n) is 6.82.